The maximum absolute atomic E-state index is 12.4. The molecule has 0 bridgehead atoms. The number of fused-ring (bicyclic) bond motifs is 1. The fraction of sp³-hybridized carbons (Fsp3) is 0.100. The minimum atomic E-state index is -0.348. The maximum Gasteiger partial charge on any atom is 0.319 e. The van der Waals surface area contributed by atoms with Gasteiger partial charge in [-0.25, -0.2) is 9.78 Å². The van der Waals surface area contributed by atoms with E-state index in [1.165, 1.54) is 10.8 Å². The Kier molecular flexibility index (Phi) is 5.81. The van der Waals surface area contributed by atoms with Gasteiger partial charge in [0, 0.05) is 17.9 Å². The first-order valence-electron chi connectivity index (χ1n) is 8.57. The van der Waals surface area contributed by atoms with Gasteiger partial charge in [-0.15, -0.1) is 6.58 Å². The number of hydrogen-bond acceptors (Lipinski definition) is 4. The van der Waals surface area contributed by atoms with Crippen LogP contribution in [-0.4, -0.2) is 28.0 Å². The predicted molar refractivity (Wildman–Crippen MR) is 108 cm³/mol. The smallest absolute Gasteiger partial charge is 0.319 e. The van der Waals surface area contributed by atoms with Crippen LogP contribution in [0.5, 0.6) is 0 Å². The maximum atomic E-state index is 12.4. The summed E-state index contributed by atoms with van der Waals surface area (Å²) >= 11 is 0. The second kappa shape index (κ2) is 8.63. The molecule has 0 aliphatic heterocycles. The molecule has 3 rings (SSSR count). The summed E-state index contributed by atoms with van der Waals surface area (Å²) in [6, 6.07) is 13.4. The van der Waals surface area contributed by atoms with Crippen LogP contribution in [0.3, 0.4) is 0 Å². The van der Waals surface area contributed by atoms with Gasteiger partial charge < -0.3 is 16.0 Å². The highest BCUT2D eigenvalue weighted by atomic mass is 16.2. The van der Waals surface area contributed by atoms with Crippen LogP contribution in [0.2, 0.25) is 0 Å². The molecule has 0 aliphatic rings. The summed E-state index contributed by atoms with van der Waals surface area (Å²) in [6.45, 7) is 3.75. The Bertz CT molecular complexity index is 1070. The third kappa shape index (κ3) is 4.61. The number of para-hydroxylation sites is 2. The molecule has 0 radical (unpaired) electrons. The number of hydrogen-bond donors (Lipinski definition) is 3. The van der Waals surface area contributed by atoms with E-state index in [4.69, 9.17) is 0 Å². The molecule has 2 aromatic carbocycles. The molecule has 3 N–H and O–H groups in total. The number of nitrogens with zero attached hydrogens (tertiary/aromatic N) is 2. The van der Waals surface area contributed by atoms with Crippen LogP contribution in [0.25, 0.3) is 11.0 Å². The number of urea groups is 1. The number of nitrogens with one attached hydrogen (secondary N) is 3. The summed E-state index contributed by atoms with van der Waals surface area (Å²) in [5.41, 5.74) is 2.01. The molecular weight excluding hydrogens is 358 g/mol. The first-order valence-corrected chi connectivity index (χ1v) is 8.57. The summed E-state index contributed by atoms with van der Waals surface area (Å²) in [5, 5.41) is 8.00. The van der Waals surface area contributed by atoms with Crippen molar-refractivity contribution in [1.82, 2.24) is 14.9 Å². The summed E-state index contributed by atoms with van der Waals surface area (Å²) in [4.78, 5) is 40.2. The molecule has 0 fully saturated rings. The molecule has 0 aliphatic carbocycles. The number of benzene rings is 2. The van der Waals surface area contributed by atoms with E-state index in [2.05, 4.69) is 27.5 Å². The van der Waals surface area contributed by atoms with Crippen molar-refractivity contribution in [2.45, 2.75) is 6.54 Å². The highest BCUT2D eigenvalue weighted by Gasteiger charge is 2.09. The summed E-state index contributed by atoms with van der Waals surface area (Å²) < 4.78 is 1.37. The first-order chi connectivity index (χ1) is 13.6. The zero-order valence-corrected chi connectivity index (χ0v) is 15.0. The van der Waals surface area contributed by atoms with Gasteiger partial charge >= 0.3 is 6.03 Å². The molecule has 142 valence electrons. The monoisotopic (exact) mass is 377 g/mol. The third-order valence-electron chi connectivity index (χ3n) is 3.89. The lowest BCUT2D eigenvalue weighted by Crippen LogP contribution is -2.28. The first kappa shape index (κ1) is 18.8. The molecule has 0 saturated heterocycles. The van der Waals surface area contributed by atoms with E-state index < -0.39 is 0 Å². The van der Waals surface area contributed by atoms with Crippen molar-refractivity contribution in [3.63, 3.8) is 0 Å². The van der Waals surface area contributed by atoms with Crippen molar-refractivity contribution >= 4 is 34.3 Å². The Morgan fingerprint density at radius 3 is 2.43 bits per heavy atom. The molecule has 3 aromatic rings. The standard InChI is InChI=1S/C20H19N5O3/c1-2-11-21-20(28)24-15-9-7-14(8-10-15)23-18(26)13-25-17-6-4-3-5-16(17)22-12-19(25)27/h2-10,12H,1,11,13H2,(H,23,26)(H2,21,24,28). The molecule has 3 amide bonds. The van der Waals surface area contributed by atoms with Gasteiger partial charge in [0.25, 0.3) is 5.56 Å². The van der Waals surface area contributed by atoms with E-state index in [1.807, 2.05) is 6.07 Å². The summed E-state index contributed by atoms with van der Waals surface area (Å²) in [5.74, 6) is -0.345. The molecule has 1 heterocycles. The average Bonchev–Trinajstić information content (AvgIpc) is 2.70. The zero-order chi connectivity index (χ0) is 19.9. The molecule has 28 heavy (non-hydrogen) atoms. The second-order valence-electron chi connectivity index (χ2n) is 5.92. The lowest BCUT2D eigenvalue weighted by atomic mass is 10.2. The van der Waals surface area contributed by atoms with Gasteiger partial charge in [0.05, 0.1) is 17.2 Å². The van der Waals surface area contributed by atoms with Crippen molar-refractivity contribution < 1.29 is 9.59 Å². The van der Waals surface area contributed by atoms with Gasteiger partial charge in [-0.1, -0.05) is 18.2 Å². The topological polar surface area (TPSA) is 105 Å². The normalized spacial score (nSPS) is 10.3. The van der Waals surface area contributed by atoms with E-state index in [-0.39, 0.29) is 24.0 Å². The van der Waals surface area contributed by atoms with Crippen LogP contribution in [-0.2, 0) is 11.3 Å². The number of carbonyl (C=O) groups is 2. The largest absolute Gasteiger partial charge is 0.334 e. The molecule has 0 saturated carbocycles. The number of rotatable bonds is 6. The minimum Gasteiger partial charge on any atom is -0.334 e. The third-order valence-corrected chi connectivity index (χ3v) is 3.89. The van der Waals surface area contributed by atoms with Crippen LogP contribution in [0, 0.1) is 0 Å². The number of aromatic nitrogens is 2. The minimum absolute atomic E-state index is 0.133. The van der Waals surface area contributed by atoms with Gasteiger partial charge in [0.1, 0.15) is 6.54 Å². The van der Waals surface area contributed by atoms with Crippen molar-refractivity contribution in [2.75, 3.05) is 17.2 Å². The van der Waals surface area contributed by atoms with Gasteiger partial charge in [-0.3, -0.25) is 14.2 Å². The van der Waals surface area contributed by atoms with E-state index in [0.29, 0.717) is 29.0 Å². The van der Waals surface area contributed by atoms with Gasteiger partial charge in [-0.05, 0) is 36.4 Å². The van der Waals surface area contributed by atoms with Crippen molar-refractivity contribution in [3.8, 4) is 0 Å². The Balaban J connectivity index is 1.66. The number of anilines is 2. The lowest BCUT2D eigenvalue weighted by molar-refractivity contribution is -0.116. The Morgan fingerprint density at radius 2 is 1.71 bits per heavy atom. The van der Waals surface area contributed by atoms with Crippen LogP contribution in [0.4, 0.5) is 16.2 Å². The van der Waals surface area contributed by atoms with Crippen LogP contribution in [0.1, 0.15) is 0 Å². The van der Waals surface area contributed by atoms with Gasteiger partial charge in [0.15, 0.2) is 0 Å². The Hall–Kier alpha value is -3.94. The van der Waals surface area contributed by atoms with Crippen LogP contribution >= 0.6 is 0 Å². The Morgan fingerprint density at radius 1 is 1.04 bits per heavy atom. The van der Waals surface area contributed by atoms with Crippen molar-refractivity contribution in [1.29, 1.82) is 0 Å². The molecule has 8 nitrogen and oxygen atoms in total. The average molecular weight is 377 g/mol. The molecule has 0 atom stereocenters. The fourth-order valence-corrected chi connectivity index (χ4v) is 2.60. The second-order valence-corrected chi connectivity index (χ2v) is 5.92. The van der Waals surface area contributed by atoms with E-state index in [1.54, 1.807) is 48.5 Å². The molecule has 0 unspecified atom stereocenters. The Labute approximate surface area is 160 Å². The van der Waals surface area contributed by atoms with E-state index >= 15 is 0 Å². The highest BCUT2D eigenvalue weighted by molar-refractivity contribution is 5.93. The summed E-state index contributed by atoms with van der Waals surface area (Å²) in [7, 11) is 0. The zero-order valence-electron chi connectivity index (χ0n) is 15.0. The van der Waals surface area contributed by atoms with E-state index in [0.717, 1.165) is 0 Å². The molecule has 1 aromatic heterocycles. The molecular formula is C20H19N5O3. The highest BCUT2D eigenvalue weighted by Crippen LogP contribution is 2.14. The van der Waals surface area contributed by atoms with E-state index in [9.17, 15) is 14.4 Å². The SMILES string of the molecule is C=CCNC(=O)Nc1ccc(NC(=O)Cn2c(=O)cnc3ccccc32)cc1. The van der Waals surface area contributed by atoms with Crippen LogP contribution in [0.15, 0.2) is 72.2 Å². The predicted octanol–water partition coefficient (Wildman–Crippen LogP) is 2.34. The number of amides is 3. The molecule has 8 heteroatoms. The molecule has 0 spiro atoms. The summed E-state index contributed by atoms with van der Waals surface area (Å²) in [6.07, 6.45) is 2.78. The van der Waals surface area contributed by atoms with Gasteiger partial charge in [-0.2, -0.15) is 0 Å². The van der Waals surface area contributed by atoms with Crippen molar-refractivity contribution in [2.24, 2.45) is 0 Å². The lowest BCUT2D eigenvalue weighted by Gasteiger charge is -2.11. The van der Waals surface area contributed by atoms with Crippen molar-refractivity contribution in [3.05, 3.63) is 77.7 Å². The quantitative estimate of drug-likeness (QED) is 0.574. The number of carbonyl (C=O) groups excluding carboxylic acids is 2. The van der Waals surface area contributed by atoms with Crippen LogP contribution < -0.4 is 21.5 Å². The van der Waals surface area contributed by atoms with Gasteiger partial charge in [0.2, 0.25) is 5.91 Å². The fourth-order valence-electron chi connectivity index (χ4n) is 2.60.